The van der Waals surface area contributed by atoms with Crippen LogP contribution in [0.15, 0.2) is 48.5 Å². The van der Waals surface area contributed by atoms with Crippen LogP contribution in [0.1, 0.15) is 42.3 Å². The zero-order valence-electron chi connectivity index (χ0n) is 17.3. The van der Waals surface area contributed by atoms with Crippen LogP contribution in [-0.4, -0.2) is 38.2 Å². The van der Waals surface area contributed by atoms with Crippen molar-refractivity contribution in [1.29, 1.82) is 0 Å². The zero-order valence-corrected chi connectivity index (χ0v) is 17.3. The van der Waals surface area contributed by atoms with Gasteiger partial charge in [0.1, 0.15) is 0 Å². The number of esters is 1. The summed E-state index contributed by atoms with van der Waals surface area (Å²) in [6, 6.07) is 12.4. The summed E-state index contributed by atoms with van der Waals surface area (Å²) in [6.45, 7) is 4.71. The van der Waals surface area contributed by atoms with E-state index in [9.17, 15) is 14.4 Å². The van der Waals surface area contributed by atoms with Crippen LogP contribution in [0.25, 0.3) is 0 Å². The minimum atomic E-state index is -1.30. The Morgan fingerprint density at radius 1 is 0.967 bits per heavy atom. The van der Waals surface area contributed by atoms with Crippen LogP contribution < -0.4 is 20.1 Å². The maximum atomic E-state index is 12.8. The lowest BCUT2D eigenvalue weighted by atomic mass is 10.1. The number of hydrogen-bond acceptors (Lipinski definition) is 6. The van der Waals surface area contributed by atoms with Crippen LogP contribution >= 0.6 is 0 Å². The van der Waals surface area contributed by atoms with E-state index in [-0.39, 0.29) is 5.56 Å². The summed E-state index contributed by atoms with van der Waals surface area (Å²) in [6.07, 6.45) is -0.475. The van der Waals surface area contributed by atoms with Crippen molar-refractivity contribution < 1.29 is 28.6 Å². The molecule has 1 atom stereocenters. The lowest BCUT2D eigenvalue weighted by Gasteiger charge is -2.18. The molecule has 0 heterocycles. The van der Waals surface area contributed by atoms with Gasteiger partial charge in [-0.05, 0) is 31.5 Å². The van der Waals surface area contributed by atoms with Crippen LogP contribution in [0.2, 0.25) is 0 Å². The summed E-state index contributed by atoms with van der Waals surface area (Å²) in [7, 11) is 1.38. The number of imide groups is 1. The van der Waals surface area contributed by atoms with Crippen molar-refractivity contribution in [2.45, 2.75) is 26.4 Å². The van der Waals surface area contributed by atoms with E-state index in [4.69, 9.17) is 14.2 Å². The fourth-order valence-corrected chi connectivity index (χ4v) is 2.55. The number of benzene rings is 2. The number of nitrogens with one attached hydrogen (secondary N) is 2. The predicted octanol–water partition coefficient (Wildman–Crippen LogP) is 3.23. The highest BCUT2D eigenvalue weighted by atomic mass is 16.5. The molecule has 8 nitrogen and oxygen atoms in total. The summed E-state index contributed by atoms with van der Waals surface area (Å²) in [4.78, 5) is 36.8. The standard InChI is InChI=1S/C22H26N2O6/c1-4-13-29-17-12-11-16(14-18(17)28-5-2)21(26)30-19(15-9-7-6-8-10-15)20(25)24-22(27)23-3/h6-12,14,19H,4-5,13H2,1-3H3,(H2,23,24,25,27)/t19-/m1/s1. The monoisotopic (exact) mass is 414 g/mol. The van der Waals surface area contributed by atoms with Crippen molar-refractivity contribution >= 4 is 17.9 Å². The smallest absolute Gasteiger partial charge is 0.339 e. The van der Waals surface area contributed by atoms with Gasteiger partial charge in [-0.25, -0.2) is 9.59 Å². The van der Waals surface area contributed by atoms with Gasteiger partial charge >= 0.3 is 12.0 Å². The van der Waals surface area contributed by atoms with E-state index in [0.29, 0.717) is 30.3 Å². The van der Waals surface area contributed by atoms with Crippen molar-refractivity contribution in [3.05, 3.63) is 59.7 Å². The zero-order chi connectivity index (χ0) is 21.9. The van der Waals surface area contributed by atoms with Gasteiger partial charge in [0.05, 0.1) is 18.8 Å². The molecule has 0 saturated carbocycles. The van der Waals surface area contributed by atoms with Gasteiger partial charge in [-0.2, -0.15) is 0 Å². The van der Waals surface area contributed by atoms with Gasteiger partial charge in [-0.3, -0.25) is 10.1 Å². The van der Waals surface area contributed by atoms with Crippen LogP contribution in [-0.2, 0) is 9.53 Å². The van der Waals surface area contributed by atoms with Gasteiger partial charge < -0.3 is 19.5 Å². The highest BCUT2D eigenvalue weighted by Crippen LogP contribution is 2.30. The number of urea groups is 1. The summed E-state index contributed by atoms with van der Waals surface area (Å²) >= 11 is 0. The maximum Gasteiger partial charge on any atom is 0.339 e. The van der Waals surface area contributed by atoms with E-state index in [1.54, 1.807) is 36.4 Å². The van der Waals surface area contributed by atoms with Gasteiger partial charge in [0.25, 0.3) is 5.91 Å². The summed E-state index contributed by atoms with van der Waals surface area (Å²) in [5.41, 5.74) is 0.621. The van der Waals surface area contributed by atoms with Gasteiger partial charge in [0, 0.05) is 12.6 Å². The largest absolute Gasteiger partial charge is 0.490 e. The molecule has 0 radical (unpaired) electrons. The number of carbonyl (C=O) groups is 3. The lowest BCUT2D eigenvalue weighted by Crippen LogP contribution is -2.41. The van der Waals surface area contributed by atoms with Crippen molar-refractivity contribution in [3.8, 4) is 11.5 Å². The van der Waals surface area contributed by atoms with E-state index in [1.807, 2.05) is 13.8 Å². The quantitative estimate of drug-likeness (QED) is 0.611. The molecule has 0 aliphatic heterocycles. The Morgan fingerprint density at radius 3 is 2.33 bits per heavy atom. The Kier molecular flexibility index (Phi) is 8.68. The van der Waals surface area contributed by atoms with Gasteiger partial charge in [-0.1, -0.05) is 37.3 Å². The second-order valence-corrected chi connectivity index (χ2v) is 6.21. The van der Waals surface area contributed by atoms with E-state index < -0.39 is 24.0 Å². The van der Waals surface area contributed by atoms with Gasteiger partial charge in [-0.15, -0.1) is 0 Å². The molecule has 0 unspecified atom stereocenters. The predicted molar refractivity (Wildman–Crippen MR) is 111 cm³/mol. The molecule has 0 fully saturated rings. The molecule has 0 spiro atoms. The van der Waals surface area contributed by atoms with Crippen molar-refractivity contribution in [2.24, 2.45) is 0 Å². The first-order valence-corrected chi connectivity index (χ1v) is 9.68. The minimum Gasteiger partial charge on any atom is -0.490 e. The Morgan fingerprint density at radius 2 is 1.70 bits per heavy atom. The molecule has 2 aromatic carbocycles. The van der Waals surface area contributed by atoms with Gasteiger partial charge in [0.15, 0.2) is 11.5 Å². The van der Waals surface area contributed by atoms with Crippen molar-refractivity contribution in [3.63, 3.8) is 0 Å². The molecule has 0 bridgehead atoms. The Labute approximate surface area is 175 Å². The molecule has 160 valence electrons. The first-order chi connectivity index (χ1) is 14.5. The molecule has 8 heteroatoms. The van der Waals surface area contributed by atoms with E-state index in [2.05, 4.69) is 10.6 Å². The number of amides is 3. The number of hydrogen-bond donors (Lipinski definition) is 2. The first-order valence-electron chi connectivity index (χ1n) is 9.68. The summed E-state index contributed by atoms with van der Waals surface area (Å²) in [5.74, 6) is -0.570. The molecule has 30 heavy (non-hydrogen) atoms. The van der Waals surface area contributed by atoms with Crippen LogP contribution in [0.4, 0.5) is 4.79 Å². The molecule has 0 aliphatic rings. The topological polar surface area (TPSA) is 103 Å². The maximum absolute atomic E-state index is 12.8. The first kappa shape index (κ1) is 22.7. The second kappa shape index (κ2) is 11.5. The molecule has 0 aromatic heterocycles. The fourth-order valence-electron chi connectivity index (χ4n) is 2.55. The SMILES string of the molecule is CCCOc1ccc(C(=O)O[C@@H](C(=O)NC(=O)NC)c2ccccc2)cc1OCC. The lowest BCUT2D eigenvalue weighted by molar-refractivity contribution is -0.129. The third-order valence-corrected chi connectivity index (χ3v) is 3.97. The Balaban J connectivity index is 2.27. The van der Waals surface area contributed by atoms with Crippen LogP contribution in [0.3, 0.4) is 0 Å². The summed E-state index contributed by atoms with van der Waals surface area (Å²) < 4.78 is 16.7. The third kappa shape index (κ3) is 6.23. The Bertz CT molecular complexity index is 869. The normalized spacial score (nSPS) is 11.2. The molecule has 0 saturated heterocycles. The molecular weight excluding hydrogens is 388 g/mol. The van der Waals surface area contributed by atoms with E-state index in [1.165, 1.54) is 19.2 Å². The highest BCUT2D eigenvalue weighted by molar-refractivity contribution is 5.99. The molecule has 2 rings (SSSR count). The fraction of sp³-hybridized carbons (Fsp3) is 0.318. The number of ether oxygens (including phenoxy) is 3. The molecule has 2 N–H and O–H groups in total. The number of carbonyl (C=O) groups excluding carboxylic acids is 3. The summed E-state index contributed by atoms with van der Waals surface area (Å²) in [5, 5.41) is 4.43. The molecule has 2 aromatic rings. The molecule has 0 aliphatic carbocycles. The Hall–Kier alpha value is -3.55. The van der Waals surface area contributed by atoms with E-state index >= 15 is 0 Å². The highest BCUT2D eigenvalue weighted by Gasteiger charge is 2.27. The average molecular weight is 414 g/mol. The van der Waals surface area contributed by atoms with Crippen molar-refractivity contribution in [2.75, 3.05) is 20.3 Å². The van der Waals surface area contributed by atoms with Gasteiger partial charge in [0.2, 0.25) is 6.10 Å². The minimum absolute atomic E-state index is 0.191. The molecule has 3 amide bonds. The number of rotatable bonds is 9. The second-order valence-electron chi connectivity index (χ2n) is 6.21. The molecular formula is C22H26N2O6. The average Bonchev–Trinajstić information content (AvgIpc) is 2.76. The third-order valence-electron chi connectivity index (χ3n) is 3.97. The van der Waals surface area contributed by atoms with E-state index in [0.717, 1.165) is 6.42 Å². The van der Waals surface area contributed by atoms with Crippen LogP contribution in [0, 0.1) is 0 Å². The van der Waals surface area contributed by atoms with Crippen molar-refractivity contribution in [1.82, 2.24) is 10.6 Å². The van der Waals surface area contributed by atoms with Crippen LogP contribution in [0.5, 0.6) is 11.5 Å².